The standard InChI is InChI=1S/C39H46BrN5O7/c1-5-50-36(48)39-22-25(39)15-9-7-6-8-10-19-30(43-37(49)52-38(2,3)4)35(47)45-23-27(21-31(45)33(46)44-39)51-34-32(24-14-13-16-26(40)20-24)41-28-17-11-12-18-29(28)42-34/h9,11-18,20,25,27,30-31H,5-8,10,19,21-23H2,1-4H3,(H,43,49)(H,44,46). The number of aromatic nitrogens is 2. The molecule has 13 heteroatoms. The Morgan fingerprint density at radius 2 is 1.83 bits per heavy atom. The molecule has 5 unspecified atom stereocenters. The van der Waals surface area contributed by atoms with Crippen LogP contribution in [-0.2, 0) is 23.9 Å². The molecule has 2 aliphatic heterocycles. The van der Waals surface area contributed by atoms with E-state index in [1.54, 1.807) is 27.7 Å². The number of carbonyl (C=O) groups excluding carboxylic acids is 4. The van der Waals surface area contributed by atoms with Crippen molar-refractivity contribution >= 4 is 50.8 Å². The van der Waals surface area contributed by atoms with Crippen LogP contribution in [0.3, 0.4) is 0 Å². The van der Waals surface area contributed by atoms with E-state index in [2.05, 4.69) is 26.6 Å². The molecule has 3 heterocycles. The summed E-state index contributed by atoms with van der Waals surface area (Å²) >= 11 is 3.55. The van der Waals surface area contributed by atoms with Gasteiger partial charge >= 0.3 is 12.1 Å². The highest BCUT2D eigenvalue weighted by atomic mass is 79.9. The molecule has 0 spiro atoms. The summed E-state index contributed by atoms with van der Waals surface area (Å²) < 4.78 is 18.4. The molecular formula is C39H46BrN5O7. The van der Waals surface area contributed by atoms with Crippen molar-refractivity contribution in [1.29, 1.82) is 0 Å². The van der Waals surface area contributed by atoms with Crippen molar-refractivity contribution < 1.29 is 33.4 Å². The number of fused-ring (bicyclic) bond motifs is 3. The van der Waals surface area contributed by atoms with Crippen molar-refractivity contribution in [3.8, 4) is 17.1 Å². The fraction of sp³-hybridized carbons (Fsp3) is 0.487. The lowest BCUT2D eigenvalue weighted by Gasteiger charge is -2.30. The summed E-state index contributed by atoms with van der Waals surface area (Å²) in [6, 6.07) is 13.2. The van der Waals surface area contributed by atoms with Crippen molar-refractivity contribution in [3.05, 3.63) is 65.2 Å². The number of halogens is 1. The molecule has 12 nitrogen and oxygen atoms in total. The first-order valence-corrected chi connectivity index (χ1v) is 18.8. The molecule has 3 aliphatic rings. The van der Waals surface area contributed by atoms with Crippen LogP contribution in [0, 0.1) is 5.92 Å². The van der Waals surface area contributed by atoms with Gasteiger partial charge in [0.05, 0.1) is 24.2 Å². The number of rotatable bonds is 6. The van der Waals surface area contributed by atoms with Crippen molar-refractivity contribution in [2.45, 2.75) is 102 Å². The van der Waals surface area contributed by atoms with Crippen LogP contribution in [0.1, 0.15) is 72.6 Å². The molecular weight excluding hydrogens is 730 g/mol. The van der Waals surface area contributed by atoms with Gasteiger partial charge in [0.15, 0.2) is 0 Å². The Labute approximate surface area is 312 Å². The summed E-state index contributed by atoms with van der Waals surface area (Å²) in [5.74, 6) is -1.39. The van der Waals surface area contributed by atoms with Crippen LogP contribution in [0.2, 0.25) is 0 Å². The Hall–Kier alpha value is -4.52. The number of hydrogen-bond acceptors (Lipinski definition) is 9. The van der Waals surface area contributed by atoms with Gasteiger partial charge in [-0.15, -0.1) is 0 Å². The lowest BCUT2D eigenvalue weighted by molar-refractivity contribution is -0.150. The number of alkyl carbamates (subject to hydrolysis) is 1. The lowest BCUT2D eigenvalue weighted by atomic mass is 10.0. The molecule has 1 aromatic heterocycles. The van der Waals surface area contributed by atoms with Crippen LogP contribution in [0.15, 0.2) is 65.2 Å². The first kappa shape index (κ1) is 37.2. The van der Waals surface area contributed by atoms with Gasteiger partial charge in [-0.2, -0.15) is 0 Å². The Bertz CT molecular complexity index is 1860. The van der Waals surface area contributed by atoms with Gasteiger partial charge in [-0.25, -0.2) is 19.6 Å². The van der Waals surface area contributed by atoms with Crippen LogP contribution in [-0.4, -0.2) is 81.2 Å². The second-order valence-electron chi connectivity index (χ2n) is 14.6. The third-order valence-electron chi connectivity index (χ3n) is 9.49. The number of benzene rings is 2. The van der Waals surface area contributed by atoms with Crippen LogP contribution in [0.5, 0.6) is 5.88 Å². The molecule has 3 aromatic rings. The van der Waals surface area contributed by atoms with Crippen molar-refractivity contribution in [2.75, 3.05) is 13.2 Å². The predicted molar refractivity (Wildman–Crippen MR) is 198 cm³/mol. The third-order valence-corrected chi connectivity index (χ3v) is 9.98. The molecule has 6 rings (SSSR count). The van der Waals surface area contributed by atoms with Gasteiger partial charge in [0, 0.05) is 22.4 Å². The molecule has 2 aromatic carbocycles. The van der Waals surface area contributed by atoms with E-state index >= 15 is 0 Å². The van der Waals surface area contributed by atoms with E-state index < -0.39 is 53.2 Å². The molecule has 52 heavy (non-hydrogen) atoms. The van der Waals surface area contributed by atoms with E-state index in [0.717, 1.165) is 29.3 Å². The van der Waals surface area contributed by atoms with Gasteiger partial charge in [-0.1, -0.05) is 65.2 Å². The highest BCUT2D eigenvalue weighted by Gasteiger charge is 2.62. The van der Waals surface area contributed by atoms with Gasteiger partial charge in [0.1, 0.15) is 35.0 Å². The number of para-hydroxylation sites is 2. The minimum Gasteiger partial charge on any atom is -0.471 e. The average Bonchev–Trinajstić information content (AvgIpc) is 3.62. The molecule has 0 bridgehead atoms. The maximum atomic E-state index is 14.5. The van der Waals surface area contributed by atoms with Gasteiger partial charge < -0.3 is 29.7 Å². The second-order valence-corrected chi connectivity index (χ2v) is 15.5. The van der Waals surface area contributed by atoms with E-state index in [1.165, 1.54) is 4.90 Å². The number of amides is 3. The number of hydrogen-bond donors (Lipinski definition) is 2. The normalized spacial score (nSPS) is 25.2. The summed E-state index contributed by atoms with van der Waals surface area (Å²) in [5.41, 5.74) is 0.608. The maximum absolute atomic E-state index is 14.5. The number of carbonyl (C=O) groups is 4. The predicted octanol–water partition coefficient (Wildman–Crippen LogP) is 6.26. The molecule has 0 radical (unpaired) electrons. The van der Waals surface area contributed by atoms with Crippen molar-refractivity contribution in [2.24, 2.45) is 5.92 Å². The zero-order valence-corrected chi connectivity index (χ0v) is 31.6. The highest BCUT2D eigenvalue weighted by molar-refractivity contribution is 9.10. The first-order valence-electron chi connectivity index (χ1n) is 18.0. The number of nitrogens with zero attached hydrogens (tertiary/aromatic N) is 3. The van der Waals surface area contributed by atoms with Crippen LogP contribution in [0.25, 0.3) is 22.3 Å². The van der Waals surface area contributed by atoms with E-state index in [0.29, 0.717) is 36.0 Å². The summed E-state index contributed by atoms with van der Waals surface area (Å²) in [6.07, 6.45) is 6.65. The van der Waals surface area contributed by atoms with E-state index in [-0.39, 0.29) is 31.4 Å². The quantitative estimate of drug-likeness (QED) is 0.219. The molecule has 2 fully saturated rings. The van der Waals surface area contributed by atoms with Gasteiger partial charge in [-0.3, -0.25) is 9.59 Å². The van der Waals surface area contributed by atoms with E-state index in [9.17, 15) is 19.2 Å². The second kappa shape index (κ2) is 15.6. The highest BCUT2D eigenvalue weighted by Crippen LogP contribution is 2.46. The van der Waals surface area contributed by atoms with Gasteiger partial charge in [0.25, 0.3) is 0 Å². The number of nitrogens with one attached hydrogen (secondary N) is 2. The zero-order chi connectivity index (χ0) is 37.0. The zero-order valence-electron chi connectivity index (χ0n) is 30.0. The van der Waals surface area contributed by atoms with Crippen LogP contribution < -0.4 is 15.4 Å². The van der Waals surface area contributed by atoms with Gasteiger partial charge in [-0.05, 0) is 77.6 Å². The molecule has 1 saturated heterocycles. The number of esters is 1. The molecule has 1 aliphatic carbocycles. The average molecular weight is 777 g/mol. The monoisotopic (exact) mass is 775 g/mol. The smallest absolute Gasteiger partial charge is 0.408 e. The van der Waals surface area contributed by atoms with Gasteiger partial charge in [0.2, 0.25) is 17.7 Å². The maximum Gasteiger partial charge on any atom is 0.408 e. The summed E-state index contributed by atoms with van der Waals surface area (Å²) in [7, 11) is 0. The summed E-state index contributed by atoms with van der Waals surface area (Å²) in [6.45, 7) is 7.19. The first-order chi connectivity index (χ1) is 24.9. The molecule has 2 N–H and O–H groups in total. The van der Waals surface area contributed by atoms with Crippen molar-refractivity contribution in [1.82, 2.24) is 25.5 Å². The summed E-state index contributed by atoms with van der Waals surface area (Å²) in [5, 5.41) is 5.78. The van der Waals surface area contributed by atoms with Crippen LogP contribution in [0.4, 0.5) is 4.79 Å². The Morgan fingerprint density at radius 1 is 1.06 bits per heavy atom. The van der Waals surface area contributed by atoms with Crippen LogP contribution >= 0.6 is 15.9 Å². The SMILES string of the molecule is CCOC(=O)C12CC1C=CCCCCCC(NC(=O)OC(C)(C)C)C(=O)N1CC(Oc3nc4ccccc4nc3-c3cccc(Br)c3)CC1C(=O)N2. The molecule has 1 saturated carbocycles. The molecule has 5 atom stereocenters. The Kier molecular flexibility index (Phi) is 11.2. The fourth-order valence-corrected chi connectivity index (χ4v) is 7.29. The summed E-state index contributed by atoms with van der Waals surface area (Å²) in [4.78, 5) is 66.3. The topological polar surface area (TPSA) is 149 Å². The number of ether oxygens (including phenoxy) is 3. The minimum absolute atomic E-state index is 0.0333. The van der Waals surface area contributed by atoms with E-state index in [4.69, 9.17) is 24.2 Å². The molecule has 276 valence electrons. The third kappa shape index (κ3) is 8.57. The largest absolute Gasteiger partial charge is 0.471 e. The Morgan fingerprint density at radius 3 is 2.56 bits per heavy atom. The fourth-order valence-electron chi connectivity index (χ4n) is 6.89. The minimum atomic E-state index is -1.22. The van der Waals surface area contributed by atoms with Crippen molar-refractivity contribution in [3.63, 3.8) is 0 Å². The van der Waals surface area contributed by atoms with E-state index in [1.807, 2.05) is 60.7 Å². The number of allylic oxidation sites excluding steroid dienone is 1. The Balaban J connectivity index is 1.35. The molecule has 3 amide bonds. The lowest BCUT2D eigenvalue weighted by Crippen LogP contribution is -2.56.